The molecule has 0 bridgehead atoms. The molecule has 0 aliphatic rings. The molecule has 0 aromatic rings. The number of hydrogen-bond donors (Lipinski definition) is 3. The molecule has 0 unspecified atom stereocenters. The van der Waals surface area contributed by atoms with Gasteiger partial charge in [-0.15, -0.1) is 0 Å². The third-order valence-electron chi connectivity index (χ3n) is 0. The first-order chi connectivity index (χ1) is 2.00. The zero-order valence-corrected chi connectivity index (χ0v) is 12.9. The molecule has 0 radical (unpaired) electrons. The van der Waals surface area contributed by atoms with Gasteiger partial charge in [0.15, 0.2) is 0 Å². The third kappa shape index (κ3) is 55.6. The average Bonchev–Trinajstić information content (AvgIpc) is 0.722. The molecule has 8 heavy (non-hydrogen) atoms. The van der Waals surface area contributed by atoms with Gasteiger partial charge in [0.05, 0.1) is 0 Å². The van der Waals surface area contributed by atoms with Crippen molar-refractivity contribution in [2.24, 2.45) is 0 Å². The van der Waals surface area contributed by atoms with Crippen molar-refractivity contribution in [2.75, 3.05) is 0 Å². The van der Waals surface area contributed by atoms with E-state index in [-0.39, 0.29) is 93.0 Å². The van der Waals surface area contributed by atoms with E-state index in [1.165, 1.54) is 0 Å². The first-order valence-corrected chi connectivity index (χ1v) is 3.44. The van der Waals surface area contributed by atoms with Gasteiger partial charge < -0.3 is 19.0 Å². The van der Waals surface area contributed by atoms with Crippen LogP contribution in [0, 0.1) is 0 Å². The minimum Gasteiger partial charge on any atom is -1.00 e. The Kier molecular flexibility index (Phi) is 29.7. The zero-order chi connectivity index (χ0) is 4.50. The molecule has 8 heteroatoms. The number of rotatable bonds is 0. The van der Waals surface area contributed by atoms with Crippen LogP contribution >= 0.6 is 6.72 Å². The molecule has 0 aliphatic carbocycles. The summed E-state index contributed by atoms with van der Waals surface area (Å²) in [5.74, 6) is 0. The van der Waals surface area contributed by atoms with E-state index in [4.69, 9.17) is 14.7 Å². The first kappa shape index (κ1) is 22.5. The fourth-order valence-electron chi connectivity index (χ4n) is 0. The zero-order valence-electron chi connectivity index (χ0n) is 8.20. The van der Waals surface area contributed by atoms with Crippen molar-refractivity contribution in [3.63, 3.8) is 0 Å². The molecule has 0 saturated carbocycles. The maximum atomic E-state index is 7.56. The Morgan fingerprint density at radius 1 is 1.00 bits per heavy atom. The molecule has 0 spiro atoms. The summed E-state index contributed by atoms with van der Waals surface area (Å²) < 4.78 is 0. The minimum atomic E-state index is -3.81. The van der Waals surface area contributed by atoms with Crippen LogP contribution in [-0.2, 0) is 11.8 Å². The molecule has 0 saturated heterocycles. The van der Waals surface area contributed by atoms with Crippen LogP contribution in [-0.4, -0.2) is 14.7 Å². The molecule has 0 atom stereocenters. The summed E-state index contributed by atoms with van der Waals surface area (Å²) in [6, 6.07) is 0. The Labute approximate surface area is 124 Å². The predicted octanol–water partition coefficient (Wildman–Crippen LogP) is -9.46. The van der Waals surface area contributed by atoms with E-state index in [0.717, 1.165) is 0 Å². The van der Waals surface area contributed by atoms with E-state index in [2.05, 4.69) is 11.8 Å². The average molecular weight is 186 g/mol. The summed E-state index contributed by atoms with van der Waals surface area (Å²) >= 11 is 3.60. The maximum absolute atomic E-state index is 7.56. The van der Waals surface area contributed by atoms with Crippen LogP contribution in [0.1, 0.15) is 4.28 Å². The molecule has 0 aromatic carbocycles. The topological polar surface area (TPSA) is 60.7 Å². The van der Waals surface area contributed by atoms with Gasteiger partial charge in [-0.2, -0.15) is 0 Å². The molecule has 0 heterocycles. The normalized spacial score (nSPS) is 7.38. The van der Waals surface area contributed by atoms with E-state index in [1.54, 1.807) is 0 Å². The smallest absolute Gasteiger partial charge is 1.00 e. The molecule has 38 valence electrons. The molecular weight excluding hydrogens is 180 g/mol. The minimum absolute atomic E-state index is 0. The third-order valence-corrected chi connectivity index (χ3v) is 0. The molecule has 0 rings (SSSR count). The van der Waals surface area contributed by atoms with Gasteiger partial charge in [-0.05, 0) is 11.8 Å². The van der Waals surface area contributed by atoms with Gasteiger partial charge in [0, 0.05) is 0 Å². The van der Waals surface area contributed by atoms with Crippen molar-refractivity contribution in [2.45, 2.75) is 0 Å². The van der Waals surface area contributed by atoms with Gasteiger partial charge in [-0.1, -0.05) is 0 Å². The standard InChI is InChI=1S/3Na.H3O3PS.3H/c;;;1-4(2,3)5;;;/h;;;(H3,1,2,3,5);;;/q3*+1;;3*-1. The van der Waals surface area contributed by atoms with Crippen LogP contribution in [0.15, 0.2) is 0 Å². The van der Waals surface area contributed by atoms with Crippen LogP contribution in [0.2, 0.25) is 0 Å². The van der Waals surface area contributed by atoms with Gasteiger partial charge in [-0.25, -0.2) is 0 Å². The van der Waals surface area contributed by atoms with Crippen molar-refractivity contribution in [1.29, 1.82) is 0 Å². The Balaban J connectivity index is -0.00000000533. The monoisotopic (exact) mass is 186 g/mol. The predicted molar refractivity (Wildman–Crippen MR) is 24.3 cm³/mol. The van der Waals surface area contributed by atoms with Crippen LogP contribution in [0.4, 0.5) is 0 Å². The quantitative estimate of drug-likeness (QED) is 0.260. The Morgan fingerprint density at radius 3 is 1.00 bits per heavy atom. The van der Waals surface area contributed by atoms with Crippen molar-refractivity contribution in [3.8, 4) is 0 Å². The Morgan fingerprint density at radius 2 is 1.00 bits per heavy atom. The van der Waals surface area contributed by atoms with Crippen molar-refractivity contribution in [1.82, 2.24) is 0 Å². The van der Waals surface area contributed by atoms with Crippen LogP contribution in [0.25, 0.3) is 0 Å². The fraction of sp³-hybridized carbons (Fsp3) is 0. The molecule has 0 fully saturated rings. The van der Waals surface area contributed by atoms with E-state index < -0.39 is 6.72 Å². The van der Waals surface area contributed by atoms with Gasteiger partial charge in [0.25, 0.3) is 0 Å². The van der Waals surface area contributed by atoms with Crippen molar-refractivity contribution >= 4 is 18.5 Å². The Hall–Kier alpha value is 3.53. The fourth-order valence-corrected chi connectivity index (χ4v) is 0. The molecular formula is H6Na3O3PS. The van der Waals surface area contributed by atoms with Gasteiger partial charge in [-0.3, -0.25) is 0 Å². The maximum Gasteiger partial charge on any atom is 1.00 e. The summed E-state index contributed by atoms with van der Waals surface area (Å²) in [5, 5.41) is 0. The second kappa shape index (κ2) is 10.5. The summed E-state index contributed by atoms with van der Waals surface area (Å²) in [7, 11) is 0. The van der Waals surface area contributed by atoms with Crippen molar-refractivity contribution < 1.29 is 108 Å². The van der Waals surface area contributed by atoms with Crippen LogP contribution in [0.3, 0.4) is 0 Å². The summed E-state index contributed by atoms with van der Waals surface area (Å²) in [6.07, 6.45) is 0. The Bertz CT molecular complexity index is 70.0. The second-order valence-corrected chi connectivity index (χ2v) is 3.01. The van der Waals surface area contributed by atoms with Crippen molar-refractivity contribution in [3.05, 3.63) is 0 Å². The summed E-state index contributed by atoms with van der Waals surface area (Å²) in [6.45, 7) is -3.81. The summed E-state index contributed by atoms with van der Waals surface area (Å²) in [4.78, 5) is 22.7. The van der Waals surface area contributed by atoms with E-state index in [9.17, 15) is 0 Å². The summed E-state index contributed by atoms with van der Waals surface area (Å²) in [5.41, 5.74) is 0. The molecule has 0 aliphatic heterocycles. The SMILES string of the molecule is OP(O)(O)=S.[H-].[H-].[H-].[Na+].[Na+].[Na+]. The van der Waals surface area contributed by atoms with Gasteiger partial charge >= 0.3 is 95.4 Å². The molecule has 0 amide bonds. The number of hydrogen-bond acceptors (Lipinski definition) is 1. The van der Waals surface area contributed by atoms with E-state index in [0.29, 0.717) is 0 Å². The van der Waals surface area contributed by atoms with Crippen LogP contribution < -0.4 is 88.7 Å². The van der Waals surface area contributed by atoms with Gasteiger partial charge in [0.2, 0.25) is 0 Å². The van der Waals surface area contributed by atoms with E-state index in [1.807, 2.05) is 0 Å². The first-order valence-electron chi connectivity index (χ1n) is 0.783. The largest absolute Gasteiger partial charge is 1.00 e. The van der Waals surface area contributed by atoms with Gasteiger partial charge in [0.1, 0.15) is 0 Å². The molecule has 0 aromatic heterocycles. The second-order valence-electron chi connectivity index (χ2n) is 0.513. The molecule has 3 nitrogen and oxygen atoms in total. The molecule has 3 N–H and O–H groups in total. The van der Waals surface area contributed by atoms with Crippen LogP contribution in [0.5, 0.6) is 0 Å². The van der Waals surface area contributed by atoms with E-state index >= 15 is 0 Å².